The van der Waals surface area contributed by atoms with Gasteiger partial charge in [0.2, 0.25) is 0 Å². The van der Waals surface area contributed by atoms with Gasteiger partial charge in [0.1, 0.15) is 11.6 Å². The first-order chi connectivity index (χ1) is 10.1. The molecule has 21 heavy (non-hydrogen) atoms. The van der Waals surface area contributed by atoms with Gasteiger partial charge in [-0.15, -0.1) is 0 Å². The lowest BCUT2D eigenvalue weighted by Gasteiger charge is -2.34. The lowest BCUT2D eigenvalue weighted by Crippen LogP contribution is -2.38. The second-order valence-electron chi connectivity index (χ2n) is 6.34. The number of carbonyl (C=O) groups is 1. The van der Waals surface area contributed by atoms with Crippen LogP contribution >= 0.6 is 0 Å². The van der Waals surface area contributed by atoms with Crippen molar-refractivity contribution in [3.05, 3.63) is 29.6 Å². The van der Waals surface area contributed by atoms with E-state index in [1.165, 1.54) is 25.0 Å². The van der Waals surface area contributed by atoms with Crippen molar-refractivity contribution in [3.63, 3.8) is 0 Å². The molecule has 4 heteroatoms. The van der Waals surface area contributed by atoms with E-state index in [1.54, 1.807) is 6.07 Å². The van der Waals surface area contributed by atoms with Crippen molar-refractivity contribution in [1.82, 2.24) is 0 Å². The lowest BCUT2D eigenvalue weighted by atomic mass is 9.69. The van der Waals surface area contributed by atoms with Crippen LogP contribution in [-0.2, 0) is 10.2 Å². The Hall–Kier alpha value is -1.58. The van der Waals surface area contributed by atoms with Crippen LogP contribution in [0.25, 0.3) is 0 Å². The van der Waals surface area contributed by atoms with Crippen molar-refractivity contribution >= 4 is 5.97 Å². The zero-order valence-electron chi connectivity index (χ0n) is 12.1. The van der Waals surface area contributed by atoms with E-state index in [2.05, 4.69) is 0 Å². The molecule has 0 bridgehead atoms. The van der Waals surface area contributed by atoms with Crippen LogP contribution in [0.5, 0.6) is 5.75 Å². The maximum atomic E-state index is 13.7. The SMILES string of the molecule is O=C(O)C1(c2cc(F)ccc2OCC2CC2)CCCCC1. The third kappa shape index (κ3) is 2.89. The number of carboxylic acids is 1. The minimum Gasteiger partial charge on any atom is -0.493 e. The molecule has 0 radical (unpaired) electrons. The van der Waals surface area contributed by atoms with Crippen LogP contribution in [0.3, 0.4) is 0 Å². The Balaban J connectivity index is 1.96. The molecule has 0 saturated heterocycles. The molecular weight excluding hydrogens is 271 g/mol. The van der Waals surface area contributed by atoms with Crippen molar-refractivity contribution < 1.29 is 19.0 Å². The zero-order chi connectivity index (χ0) is 14.9. The van der Waals surface area contributed by atoms with Gasteiger partial charge in [0.05, 0.1) is 12.0 Å². The molecular formula is C17H21FO3. The van der Waals surface area contributed by atoms with Gasteiger partial charge < -0.3 is 9.84 Å². The molecule has 3 rings (SSSR count). The van der Waals surface area contributed by atoms with Crippen molar-refractivity contribution in [2.24, 2.45) is 5.92 Å². The molecule has 1 aromatic carbocycles. The quantitative estimate of drug-likeness (QED) is 0.895. The molecule has 114 valence electrons. The molecule has 2 aliphatic carbocycles. The van der Waals surface area contributed by atoms with E-state index in [9.17, 15) is 14.3 Å². The second-order valence-corrected chi connectivity index (χ2v) is 6.34. The summed E-state index contributed by atoms with van der Waals surface area (Å²) in [4.78, 5) is 11.9. The van der Waals surface area contributed by atoms with Gasteiger partial charge in [-0.05, 0) is 49.8 Å². The molecule has 0 aliphatic heterocycles. The van der Waals surface area contributed by atoms with Crippen LogP contribution in [0.15, 0.2) is 18.2 Å². The first-order valence-electron chi connectivity index (χ1n) is 7.78. The van der Waals surface area contributed by atoms with E-state index in [-0.39, 0.29) is 0 Å². The third-order valence-electron chi connectivity index (χ3n) is 4.75. The first-order valence-corrected chi connectivity index (χ1v) is 7.78. The van der Waals surface area contributed by atoms with Gasteiger partial charge in [-0.1, -0.05) is 19.3 Å². The van der Waals surface area contributed by atoms with E-state index in [0.717, 1.165) is 19.3 Å². The fraction of sp³-hybridized carbons (Fsp3) is 0.588. The number of ether oxygens (including phenoxy) is 1. The first kappa shape index (κ1) is 14.4. The van der Waals surface area contributed by atoms with Gasteiger partial charge in [0, 0.05) is 5.56 Å². The summed E-state index contributed by atoms with van der Waals surface area (Å²) in [5.74, 6) is -0.123. The lowest BCUT2D eigenvalue weighted by molar-refractivity contribution is -0.145. The van der Waals surface area contributed by atoms with Gasteiger partial charge in [0.15, 0.2) is 0 Å². The Kier molecular flexibility index (Phi) is 3.87. The summed E-state index contributed by atoms with van der Waals surface area (Å²) < 4.78 is 19.5. The van der Waals surface area contributed by atoms with Crippen molar-refractivity contribution in [2.75, 3.05) is 6.61 Å². The molecule has 2 fully saturated rings. The average Bonchev–Trinajstić information content (AvgIpc) is 3.30. The Morgan fingerprint density at radius 1 is 1.29 bits per heavy atom. The van der Waals surface area contributed by atoms with Crippen LogP contribution in [-0.4, -0.2) is 17.7 Å². The van der Waals surface area contributed by atoms with Crippen LogP contribution < -0.4 is 4.74 Å². The predicted octanol–water partition coefficient (Wildman–Crippen LogP) is 3.90. The van der Waals surface area contributed by atoms with Crippen LogP contribution in [0.2, 0.25) is 0 Å². The Labute approximate surface area is 124 Å². The molecule has 0 amide bonds. The van der Waals surface area contributed by atoms with Gasteiger partial charge >= 0.3 is 5.97 Å². The normalized spacial score (nSPS) is 21.0. The minimum absolute atomic E-state index is 0.394. The molecule has 2 saturated carbocycles. The number of benzene rings is 1. The highest BCUT2D eigenvalue weighted by Crippen LogP contribution is 2.44. The molecule has 1 N–H and O–H groups in total. The van der Waals surface area contributed by atoms with Crippen molar-refractivity contribution in [3.8, 4) is 5.75 Å². The van der Waals surface area contributed by atoms with Crippen LogP contribution in [0.1, 0.15) is 50.5 Å². The highest BCUT2D eigenvalue weighted by molar-refractivity contribution is 5.82. The molecule has 3 nitrogen and oxygen atoms in total. The predicted molar refractivity (Wildman–Crippen MR) is 77.0 cm³/mol. The summed E-state index contributed by atoms with van der Waals surface area (Å²) in [7, 11) is 0. The largest absolute Gasteiger partial charge is 0.493 e. The molecule has 0 heterocycles. The summed E-state index contributed by atoms with van der Waals surface area (Å²) in [5, 5.41) is 9.77. The molecule has 0 aromatic heterocycles. The van der Waals surface area contributed by atoms with E-state index >= 15 is 0 Å². The maximum Gasteiger partial charge on any atom is 0.314 e. The van der Waals surface area contributed by atoms with Crippen molar-refractivity contribution in [1.29, 1.82) is 0 Å². The van der Waals surface area contributed by atoms with Crippen LogP contribution in [0.4, 0.5) is 4.39 Å². The van der Waals surface area contributed by atoms with Gasteiger partial charge in [0.25, 0.3) is 0 Å². The fourth-order valence-electron chi connectivity index (χ4n) is 3.25. The fourth-order valence-corrected chi connectivity index (χ4v) is 3.25. The summed E-state index contributed by atoms with van der Waals surface area (Å²) >= 11 is 0. The molecule has 0 spiro atoms. The van der Waals surface area contributed by atoms with Gasteiger partial charge in [-0.2, -0.15) is 0 Å². The van der Waals surface area contributed by atoms with E-state index in [1.807, 2.05) is 0 Å². The highest BCUT2D eigenvalue weighted by atomic mass is 19.1. The van der Waals surface area contributed by atoms with Crippen LogP contribution in [0, 0.1) is 11.7 Å². The zero-order valence-corrected chi connectivity index (χ0v) is 12.1. The summed E-state index contributed by atoms with van der Waals surface area (Å²) in [6, 6.07) is 4.30. The number of halogens is 1. The monoisotopic (exact) mass is 292 g/mol. The number of hydrogen-bond donors (Lipinski definition) is 1. The molecule has 0 atom stereocenters. The Morgan fingerprint density at radius 2 is 2.00 bits per heavy atom. The third-order valence-corrected chi connectivity index (χ3v) is 4.75. The smallest absolute Gasteiger partial charge is 0.314 e. The highest BCUT2D eigenvalue weighted by Gasteiger charge is 2.43. The van der Waals surface area contributed by atoms with E-state index in [0.29, 0.717) is 36.7 Å². The summed E-state index contributed by atoms with van der Waals surface area (Å²) in [6.45, 7) is 0.605. The number of carboxylic acid groups (broad SMARTS) is 1. The Morgan fingerprint density at radius 3 is 2.62 bits per heavy atom. The average molecular weight is 292 g/mol. The maximum absolute atomic E-state index is 13.7. The van der Waals surface area contributed by atoms with E-state index in [4.69, 9.17) is 4.74 Å². The standard InChI is InChI=1S/C17H21FO3/c18-13-6-7-15(21-11-12-4-5-12)14(10-13)17(16(19)20)8-2-1-3-9-17/h6-7,10,12H,1-5,8-9,11H2,(H,19,20). The van der Waals surface area contributed by atoms with E-state index < -0.39 is 17.2 Å². The summed E-state index contributed by atoms with van der Waals surface area (Å²) in [6.07, 6.45) is 6.23. The number of hydrogen-bond acceptors (Lipinski definition) is 2. The van der Waals surface area contributed by atoms with Crippen molar-refractivity contribution in [2.45, 2.75) is 50.4 Å². The Bertz CT molecular complexity index is 531. The minimum atomic E-state index is -0.987. The van der Waals surface area contributed by atoms with Gasteiger partial charge in [-0.25, -0.2) is 4.39 Å². The van der Waals surface area contributed by atoms with Gasteiger partial charge in [-0.3, -0.25) is 4.79 Å². The summed E-state index contributed by atoms with van der Waals surface area (Å²) in [5.41, 5.74) is -0.463. The molecule has 2 aliphatic rings. The molecule has 0 unspecified atom stereocenters. The second kappa shape index (κ2) is 5.66. The number of rotatable bonds is 5. The number of aliphatic carboxylic acids is 1. The molecule has 1 aromatic rings. The topological polar surface area (TPSA) is 46.5 Å².